The van der Waals surface area contributed by atoms with Gasteiger partial charge in [0.05, 0.1) is 28.6 Å². The number of hydrogen-bond acceptors (Lipinski definition) is 5. The van der Waals surface area contributed by atoms with Gasteiger partial charge in [-0.3, -0.25) is 24.3 Å². The van der Waals surface area contributed by atoms with Crippen LogP contribution < -0.4 is 10.6 Å². The molecule has 1 amide bonds. The van der Waals surface area contributed by atoms with Gasteiger partial charge in [0.2, 0.25) is 0 Å². The zero-order valence-corrected chi connectivity index (χ0v) is 16.3. The number of nitro groups is 1. The van der Waals surface area contributed by atoms with Gasteiger partial charge in [0.25, 0.3) is 17.2 Å². The maximum atomic E-state index is 13.2. The van der Waals surface area contributed by atoms with Gasteiger partial charge in [-0.25, -0.2) is 0 Å². The Kier molecular flexibility index (Phi) is 6.47. The number of rotatable bonds is 6. The van der Waals surface area contributed by atoms with Crippen LogP contribution in [0.2, 0.25) is 0 Å². The zero-order chi connectivity index (χ0) is 23.3. The minimum atomic E-state index is -4.65. The molecular formula is C21H15F3N4O4. The summed E-state index contributed by atoms with van der Waals surface area (Å²) in [7, 11) is 0. The van der Waals surface area contributed by atoms with Crippen LogP contribution in [0.4, 0.5) is 24.5 Å². The predicted octanol–water partition coefficient (Wildman–Crippen LogP) is 3.84. The van der Waals surface area contributed by atoms with Crippen molar-refractivity contribution in [2.75, 3.05) is 5.01 Å². The SMILES string of the molecule is O=C(Cn1cc([N+](=O)[O-])ccc1=O)N(/N=C/c1ccccc1)c1cccc(C(F)(F)F)c1. The monoisotopic (exact) mass is 444 g/mol. The second-order valence-electron chi connectivity index (χ2n) is 6.52. The summed E-state index contributed by atoms with van der Waals surface area (Å²) >= 11 is 0. The van der Waals surface area contributed by atoms with Crippen molar-refractivity contribution in [1.29, 1.82) is 0 Å². The molecule has 0 aliphatic heterocycles. The maximum Gasteiger partial charge on any atom is 0.416 e. The van der Waals surface area contributed by atoms with Crippen molar-refractivity contribution < 1.29 is 22.9 Å². The number of alkyl halides is 3. The Labute approximate surface area is 179 Å². The van der Waals surface area contributed by atoms with Gasteiger partial charge in [-0.2, -0.15) is 23.3 Å². The Morgan fingerprint density at radius 3 is 2.47 bits per heavy atom. The average molecular weight is 444 g/mol. The molecule has 0 unspecified atom stereocenters. The molecule has 1 aromatic heterocycles. The quantitative estimate of drug-likeness (QED) is 0.328. The molecule has 164 valence electrons. The molecule has 0 saturated carbocycles. The third kappa shape index (κ3) is 5.45. The number of amides is 1. The zero-order valence-electron chi connectivity index (χ0n) is 16.3. The van der Waals surface area contributed by atoms with Crippen molar-refractivity contribution >= 4 is 23.5 Å². The summed E-state index contributed by atoms with van der Waals surface area (Å²) in [5.41, 5.74) is -1.72. The van der Waals surface area contributed by atoms with Gasteiger partial charge in [-0.05, 0) is 23.8 Å². The number of anilines is 1. The van der Waals surface area contributed by atoms with Gasteiger partial charge in [0, 0.05) is 12.1 Å². The summed E-state index contributed by atoms with van der Waals surface area (Å²) in [6.07, 6.45) is -2.50. The highest BCUT2D eigenvalue weighted by atomic mass is 19.4. The molecule has 0 bridgehead atoms. The Balaban J connectivity index is 2.00. The van der Waals surface area contributed by atoms with Crippen molar-refractivity contribution in [2.24, 2.45) is 5.10 Å². The van der Waals surface area contributed by atoms with Crippen LogP contribution in [0.15, 0.2) is 82.8 Å². The number of nitrogens with zero attached hydrogens (tertiary/aromatic N) is 4. The van der Waals surface area contributed by atoms with Crippen LogP contribution in [-0.2, 0) is 17.5 Å². The van der Waals surface area contributed by atoms with E-state index in [0.29, 0.717) is 10.6 Å². The van der Waals surface area contributed by atoms with Crippen LogP contribution in [0.1, 0.15) is 11.1 Å². The van der Waals surface area contributed by atoms with Crippen molar-refractivity contribution in [3.63, 3.8) is 0 Å². The van der Waals surface area contributed by atoms with Gasteiger partial charge in [-0.1, -0.05) is 36.4 Å². The summed E-state index contributed by atoms with van der Waals surface area (Å²) in [6.45, 7) is -0.678. The Bertz CT molecular complexity index is 1220. The lowest BCUT2D eigenvalue weighted by Crippen LogP contribution is -2.33. The third-order valence-electron chi connectivity index (χ3n) is 4.26. The highest BCUT2D eigenvalue weighted by molar-refractivity contribution is 5.95. The smallest absolute Gasteiger partial charge is 0.299 e. The molecule has 0 fully saturated rings. The fourth-order valence-electron chi connectivity index (χ4n) is 2.72. The topological polar surface area (TPSA) is 97.8 Å². The second-order valence-corrected chi connectivity index (χ2v) is 6.52. The number of aromatic nitrogens is 1. The van der Waals surface area contributed by atoms with Gasteiger partial charge in [0.1, 0.15) is 6.54 Å². The fraction of sp³-hybridized carbons (Fsp3) is 0.0952. The number of hydrogen-bond donors (Lipinski definition) is 0. The number of carbonyl (C=O) groups excluding carboxylic acids is 1. The number of halogens is 3. The second kappa shape index (κ2) is 9.25. The number of hydrazone groups is 1. The summed E-state index contributed by atoms with van der Waals surface area (Å²) in [4.78, 5) is 35.2. The first-order valence-corrected chi connectivity index (χ1v) is 9.09. The molecule has 1 heterocycles. The molecule has 0 aliphatic rings. The van der Waals surface area contributed by atoms with E-state index in [1.165, 1.54) is 12.3 Å². The molecule has 2 aromatic carbocycles. The molecule has 32 heavy (non-hydrogen) atoms. The molecule has 0 saturated heterocycles. The predicted molar refractivity (Wildman–Crippen MR) is 110 cm³/mol. The summed E-state index contributed by atoms with van der Waals surface area (Å²) in [5.74, 6) is -0.876. The lowest BCUT2D eigenvalue weighted by atomic mass is 10.2. The summed E-state index contributed by atoms with van der Waals surface area (Å²) < 4.78 is 40.2. The van der Waals surface area contributed by atoms with Crippen LogP contribution in [0.25, 0.3) is 0 Å². The van der Waals surface area contributed by atoms with Crippen LogP contribution in [0.3, 0.4) is 0 Å². The van der Waals surface area contributed by atoms with Crippen molar-refractivity contribution in [3.05, 3.63) is 105 Å². The molecule has 11 heteroatoms. The van der Waals surface area contributed by atoms with E-state index >= 15 is 0 Å². The van der Waals surface area contributed by atoms with Crippen LogP contribution in [-0.4, -0.2) is 21.6 Å². The normalized spacial score (nSPS) is 11.5. The minimum Gasteiger partial charge on any atom is -0.299 e. The molecule has 0 atom stereocenters. The number of pyridine rings is 1. The molecule has 0 radical (unpaired) electrons. The first kappa shape index (κ1) is 22.4. The van der Waals surface area contributed by atoms with Crippen LogP contribution in [0.5, 0.6) is 0 Å². The molecule has 3 aromatic rings. The lowest BCUT2D eigenvalue weighted by Gasteiger charge is -2.19. The first-order valence-electron chi connectivity index (χ1n) is 9.09. The van der Waals surface area contributed by atoms with E-state index in [1.54, 1.807) is 30.3 Å². The van der Waals surface area contributed by atoms with E-state index in [0.717, 1.165) is 41.1 Å². The van der Waals surface area contributed by atoms with Crippen molar-refractivity contribution in [3.8, 4) is 0 Å². The third-order valence-corrected chi connectivity index (χ3v) is 4.26. The highest BCUT2D eigenvalue weighted by Crippen LogP contribution is 2.31. The lowest BCUT2D eigenvalue weighted by molar-refractivity contribution is -0.385. The summed E-state index contributed by atoms with van der Waals surface area (Å²) in [5, 5.41) is 15.7. The molecule has 0 aliphatic carbocycles. The van der Waals surface area contributed by atoms with Crippen LogP contribution in [0, 0.1) is 10.1 Å². The average Bonchev–Trinajstić information content (AvgIpc) is 2.75. The van der Waals surface area contributed by atoms with E-state index in [1.807, 2.05) is 0 Å². The molecule has 3 rings (SSSR count). The summed E-state index contributed by atoms with van der Waals surface area (Å²) in [6, 6.07) is 14.4. The van der Waals surface area contributed by atoms with E-state index in [4.69, 9.17) is 0 Å². The Hall–Kier alpha value is -4.28. The van der Waals surface area contributed by atoms with Gasteiger partial charge < -0.3 is 0 Å². The number of carbonyl (C=O) groups is 1. The molecule has 8 nitrogen and oxygen atoms in total. The molecule has 0 N–H and O–H groups in total. The van der Waals surface area contributed by atoms with Gasteiger partial charge in [-0.15, -0.1) is 0 Å². The van der Waals surface area contributed by atoms with Crippen LogP contribution >= 0.6 is 0 Å². The highest BCUT2D eigenvalue weighted by Gasteiger charge is 2.31. The minimum absolute atomic E-state index is 0.185. The molecule has 0 spiro atoms. The Morgan fingerprint density at radius 2 is 1.81 bits per heavy atom. The van der Waals surface area contributed by atoms with Gasteiger partial charge in [0.15, 0.2) is 0 Å². The van der Waals surface area contributed by atoms with Crippen molar-refractivity contribution in [1.82, 2.24) is 4.57 Å². The fourth-order valence-corrected chi connectivity index (χ4v) is 2.72. The van der Waals surface area contributed by atoms with E-state index in [2.05, 4.69) is 5.10 Å². The van der Waals surface area contributed by atoms with E-state index < -0.39 is 40.4 Å². The van der Waals surface area contributed by atoms with Gasteiger partial charge >= 0.3 is 6.18 Å². The van der Waals surface area contributed by atoms with E-state index in [9.17, 15) is 32.9 Å². The standard InChI is InChI=1S/C21H15F3N4O4/c22-21(23,24)16-7-4-8-17(11-16)27(25-12-15-5-2-1-3-6-15)20(30)14-26-13-18(28(31)32)9-10-19(26)29/h1-13H,14H2/b25-12+. The largest absolute Gasteiger partial charge is 0.416 e. The Morgan fingerprint density at radius 1 is 1.09 bits per heavy atom. The maximum absolute atomic E-state index is 13.2. The number of benzene rings is 2. The molecular weight excluding hydrogens is 429 g/mol. The van der Waals surface area contributed by atoms with E-state index in [-0.39, 0.29) is 5.69 Å². The first-order chi connectivity index (χ1) is 15.1. The van der Waals surface area contributed by atoms with Crippen molar-refractivity contribution in [2.45, 2.75) is 12.7 Å².